The fourth-order valence-corrected chi connectivity index (χ4v) is 6.99. The topological polar surface area (TPSA) is 94.5 Å². The van der Waals surface area contributed by atoms with Crippen molar-refractivity contribution in [3.63, 3.8) is 0 Å². The van der Waals surface area contributed by atoms with Gasteiger partial charge in [0.05, 0.1) is 5.56 Å². The first-order valence-electron chi connectivity index (χ1n) is 13.4. The number of hydrogen-bond donors (Lipinski definition) is 1. The van der Waals surface area contributed by atoms with Crippen molar-refractivity contribution in [1.29, 1.82) is 5.26 Å². The van der Waals surface area contributed by atoms with Crippen LogP contribution in [0.1, 0.15) is 56.5 Å². The Morgan fingerprint density at radius 1 is 1.02 bits per heavy atom. The summed E-state index contributed by atoms with van der Waals surface area (Å²) < 4.78 is 6.15. The van der Waals surface area contributed by atoms with E-state index < -0.39 is 5.97 Å². The Morgan fingerprint density at radius 3 is 2.38 bits per heavy atom. The lowest BCUT2D eigenvalue weighted by atomic mass is 9.69. The molecule has 2 aliphatic heterocycles. The number of benzene rings is 2. The van der Waals surface area contributed by atoms with Gasteiger partial charge in [-0.2, -0.15) is 5.26 Å². The van der Waals surface area contributed by atoms with Crippen molar-refractivity contribution in [2.45, 2.75) is 51.4 Å². The fourth-order valence-electron chi connectivity index (χ4n) is 6.04. The summed E-state index contributed by atoms with van der Waals surface area (Å²) in [6.07, 6.45) is 3.48. The molecule has 0 aliphatic carbocycles. The number of anilines is 1. The van der Waals surface area contributed by atoms with E-state index in [-0.39, 0.29) is 22.0 Å². The highest BCUT2D eigenvalue weighted by Gasteiger charge is 2.42. The van der Waals surface area contributed by atoms with Crippen LogP contribution in [-0.2, 0) is 15.6 Å². The quantitative estimate of drug-likeness (QED) is 0.162. The van der Waals surface area contributed by atoms with Gasteiger partial charge < -0.3 is 14.4 Å². The zero-order valence-electron chi connectivity index (χ0n) is 23.0. The second-order valence-electron chi connectivity index (χ2n) is 12.0. The monoisotopic (exact) mass is 550 g/mol. The van der Waals surface area contributed by atoms with Crippen LogP contribution in [0, 0.1) is 11.3 Å². The summed E-state index contributed by atoms with van der Waals surface area (Å²) in [5.41, 5.74) is 5.98. The Kier molecular flexibility index (Phi) is 6.01. The van der Waals surface area contributed by atoms with E-state index in [2.05, 4.69) is 38.7 Å². The van der Waals surface area contributed by atoms with Crippen molar-refractivity contribution in [2.24, 2.45) is 0 Å². The second-order valence-corrected chi connectivity index (χ2v) is 13.1. The lowest BCUT2D eigenvalue weighted by molar-refractivity contribution is -0.132. The summed E-state index contributed by atoms with van der Waals surface area (Å²) in [4.78, 5) is 28.6. The van der Waals surface area contributed by atoms with Gasteiger partial charge in [0.2, 0.25) is 0 Å². The van der Waals surface area contributed by atoms with E-state index in [9.17, 15) is 9.59 Å². The molecule has 2 aromatic heterocycles. The van der Waals surface area contributed by atoms with Gasteiger partial charge in [-0.3, -0.25) is 0 Å². The molecule has 0 atom stereocenters. The third-order valence-electron chi connectivity index (χ3n) is 8.48. The standard InChI is InChI=1S/C33H30N2O4S/c1-32(2)11-13-35-14-12-33(3,4)27-28(35)25(32)17-21-16-24(31(38)39-29(21)27)19-5-7-20(8-6-19)26-10-9-23(40-26)15-22(18-34)30(36)37/h5-10,15-17H,11-14H2,1-4H3,(H,36,37)/b22-15+. The zero-order valence-corrected chi connectivity index (χ0v) is 23.8. The van der Waals surface area contributed by atoms with Gasteiger partial charge >= 0.3 is 11.6 Å². The molecule has 0 bridgehead atoms. The number of fused-ring (bicyclic) bond motifs is 2. The molecule has 2 aromatic carbocycles. The molecule has 2 aliphatic rings. The number of aliphatic carboxylic acids is 1. The third kappa shape index (κ3) is 4.24. The number of carbonyl (C=O) groups is 1. The lowest BCUT2D eigenvalue weighted by Gasteiger charge is -2.48. The van der Waals surface area contributed by atoms with Gasteiger partial charge in [-0.1, -0.05) is 52.0 Å². The normalized spacial score (nSPS) is 17.4. The predicted molar refractivity (Wildman–Crippen MR) is 160 cm³/mol. The van der Waals surface area contributed by atoms with E-state index in [0.717, 1.165) is 52.9 Å². The van der Waals surface area contributed by atoms with E-state index in [4.69, 9.17) is 14.8 Å². The molecule has 0 unspecified atom stereocenters. The largest absolute Gasteiger partial charge is 0.477 e. The van der Waals surface area contributed by atoms with Crippen LogP contribution in [0.5, 0.6) is 0 Å². The Labute approximate surface area is 236 Å². The molecule has 1 N–H and O–H groups in total. The summed E-state index contributed by atoms with van der Waals surface area (Å²) in [5, 5.41) is 19.1. The number of carboxylic acids is 1. The number of carboxylic acid groups (broad SMARTS) is 1. The van der Waals surface area contributed by atoms with Gasteiger partial charge in [0.1, 0.15) is 17.2 Å². The molecule has 0 saturated heterocycles. The van der Waals surface area contributed by atoms with Gasteiger partial charge in [-0.15, -0.1) is 11.3 Å². The average Bonchev–Trinajstić information content (AvgIpc) is 3.38. The van der Waals surface area contributed by atoms with Crippen LogP contribution in [0.2, 0.25) is 0 Å². The molecular formula is C33H30N2O4S. The number of hydrogen-bond acceptors (Lipinski definition) is 6. The Balaban J connectivity index is 1.42. The maximum absolute atomic E-state index is 13.4. The zero-order chi connectivity index (χ0) is 28.4. The maximum Gasteiger partial charge on any atom is 0.346 e. The SMILES string of the molecule is CC1(C)CCN2CCC(C)(C)c3c2c1cc1cc(-c2ccc(-c4ccc(/C=C(\C#N)C(=O)O)s4)cc2)c(=O)oc31. The van der Waals surface area contributed by atoms with E-state index in [1.54, 1.807) is 12.1 Å². The number of nitrogens with zero attached hydrogens (tertiary/aromatic N) is 2. The Bertz CT molecular complexity index is 1810. The molecule has 0 amide bonds. The molecule has 0 radical (unpaired) electrons. The van der Waals surface area contributed by atoms with Crippen LogP contribution in [0.15, 0.2) is 63.3 Å². The highest BCUT2D eigenvalue weighted by molar-refractivity contribution is 7.16. The first kappa shape index (κ1) is 26.1. The van der Waals surface area contributed by atoms with Crippen LogP contribution in [0.3, 0.4) is 0 Å². The van der Waals surface area contributed by atoms with Gasteiger partial charge in [-0.05, 0) is 70.7 Å². The van der Waals surface area contributed by atoms with Crippen LogP contribution >= 0.6 is 11.3 Å². The van der Waals surface area contributed by atoms with Gasteiger partial charge in [-0.25, -0.2) is 9.59 Å². The molecule has 6 nitrogen and oxygen atoms in total. The minimum atomic E-state index is -1.25. The van der Waals surface area contributed by atoms with E-state index >= 15 is 0 Å². The smallest absolute Gasteiger partial charge is 0.346 e. The first-order chi connectivity index (χ1) is 19.0. The molecule has 0 spiro atoms. The average molecular weight is 551 g/mol. The van der Waals surface area contributed by atoms with Gasteiger partial charge in [0.25, 0.3) is 0 Å². The van der Waals surface area contributed by atoms with E-state index in [1.807, 2.05) is 36.4 Å². The van der Waals surface area contributed by atoms with Crippen molar-refractivity contribution < 1.29 is 14.3 Å². The van der Waals surface area contributed by atoms with Crippen molar-refractivity contribution in [1.82, 2.24) is 0 Å². The number of rotatable bonds is 4. The molecule has 6 rings (SSSR count). The van der Waals surface area contributed by atoms with E-state index in [1.165, 1.54) is 28.7 Å². The Morgan fingerprint density at radius 2 is 1.70 bits per heavy atom. The van der Waals surface area contributed by atoms with Crippen molar-refractivity contribution in [2.75, 3.05) is 18.0 Å². The molecular weight excluding hydrogens is 520 g/mol. The number of thiophene rings is 1. The highest BCUT2D eigenvalue weighted by Crippen LogP contribution is 2.51. The molecule has 202 valence electrons. The predicted octanol–water partition coefficient (Wildman–Crippen LogP) is 7.35. The molecule has 4 aromatic rings. The molecule has 0 saturated carbocycles. The van der Waals surface area contributed by atoms with Crippen molar-refractivity contribution in [3.05, 3.63) is 80.5 Å². The molecule has 4 heterocycles. The van der Waals surface area contributed by atoms with Crippen LogP contribution in [-0.4, -0.2) is 24.2 Å². The maximum atomic E-state index is 13.4. The Hall–Kier alpha value is -4.15. The molecule has 0 fully saturated rings. The lowest BCUT2D eigenvalue weighted by Crippen LogP contribution is -2.44. The molecule has 40 heavy (non-hydrogen) atoms. The highest BCUT2D eigenvalue weighted by atomic mass is 32.1. The summed E-state index contributed by atoms with van der Waals surface area (Å²) >= 11 is 1.40. The number of nitriles is 1. The minimum Gasteiger partial charge on any atom is -0.477 e. The van der Waals surface area contributed by atoms with Crippen molar-refractivity contribution >= 4 is 40.0 Å². The summed E-state index contributed by atoms with van der Waals surface area (Å²) in [6, 6.07) is 17.3. The summed E-state index contributed by atoms with van der Waals surface area (Å²) in [6.45, 7) is 11.2. The third-order valence-corrected chi connectivity index (χ3v) is 9.56. The van der Waals surface area contributed by atoms with Crippen molar-refractivity contribution in [3.8, 4) is 27.6 Å². The van der Waals surface area contributed by atoms with Crippen LogP contribution < -0.4 is 10.5 Å². The summed E-state index contributed by atoms with van der Waals surface area (Å²) in [5.74, 6) is -1.25. The molecule has 7 heteroatoms. The van der Waals surface area contributed by atoms with E-state index in [0.29, 0.717) is 16.0 Å². The van der Waals surface area contributed by atoms with Gasteiger partial charge in [0.15, 0.2) is 0 Å². The van der Waals surface area contributed by atoms with Gasteiger partial charge in [0, 0.05) is 39.5 Å². The second kappa shape index (κ2) is 9.21. The van der Waals surface area contributed by atoms with Crippen LogP contribution in [0.25, 0.3) is 38.6 Å². The first-order valence-corrected chi connectivity index (χ1v) is 14.3. The summed E-state index contributed by atoms with van der Waals surface area (Å²) in [7, 11) is 0. The fraction of sp³-hybridized carbons (Fsp3) is 0.303. The van der Waals surface area contributed by atoms with Crippen LogP contribution in [0.4, 0.5) is 5.69 Å². The minimum absolute atomic E-state index is 0.0351.